The van der Waals surface area contributed by atoms with Gasteiger partial charge in [-0.25, -0.2) is 8.78 Å². The van der Waals surface area contributed by atoms with Gasteiger partial charge in [0, 0.05) is 17.8 Å². The zero-order chi connectivity index (χ0) is 23.0. The molecular formula is C23H15ClF2N2O4. The van der Waals surface area contributed by atoms with E-state index in [1.54, 1.807) is 12.1 Å². The highest BCUT2D eigenvalue weighted by atomic mass is 35.5. The number of halogens is 3. The normalized spacial score (nSPS) is 17.6. The van der Waals surface area contributed by atoms with Crippen LogP contribution in [0.4, 0.5) is 14.5 Å². The maximum absolute atomic E-state index is 14.6. The molecular weight excluding hydrogens is 442 g/mol. The van der Waals surface area contributed by atoms with E-state index in [1.165, 1.54) is 37.6 Å². The second-order valence-electron chi connectivity index (χ2n) is 6.87. The van der Waals surface area contributed by atoms with Gasteiger partial charge >= 0.3 is 0 Å². The quantitative estimate of drug-likeness (QED) is 0.351. The van der Waals surface area contributed by atoms with E-state index >= 15 is 0 Å². The first-order chi connectivity index (χ1) is 15.3. The molecule has 0 saturated carbocycles. The molecule has 1 aliphatic heterocycles. The zero-order valence-corrected chi connectivity index (χ0v) is 17.3. The van der Waals surface area contributed by atoms with Gasteiger partial charge in [-0.3, -0.25) is 19.5 Å². The Morgan fingerprint density at radius 2 is 1.91 bits per heavy atom. The summed E-state index contributed by atoms with van der Waals surface area (Å²) in [4.78, 5) is 31.0. The number of amides is 1. The van der Waals surface area contributed by atoms with Crippen LogP contribution in [0.15, 0.2) is 66.4 Å². The van der Waals surface area contributed by atoms with Gasteiger partial charge in [-0.15, -0.1) is 0 Å². The minimum Gasteiger partial charge on any atom is -0.507 e. The van der Waals surface area contributed by atoms with Crippen molar-refractivity contribution in [1.29, 1.82) is 0 Å². The Balaban J connectivity index is 1.95. The number of pyridine rings is 1. The lowest BCUT2D eigenvalue weighted by molar-refractivity contribution is -0.132. The number of nitrogens with zero attached hydrogens (tertiary/aromatic N) is 2. The van der Waals surface area contributed by atoms with Gasteiger partial charge in [0.15, 0.2) is 0 Å². The first-order valence-electron chi connectivity index (χ1n) is 9.34. The van der Waals surface area contributed by atoms with Crippen LogP contribution in [-0.2, 0) is 9.59 Å². The van der Waals surface area contributed by atoms with Crippen LogP contribution < -0.4 is 9.64 Å². The highest BCUT2D eigenvalue weighted by molar-refractivity contribution is 6.51. The summed E-state index contributed by atoms with van der Waals surface area (Å²) < 4.78 is 33.2. The van der Waals surface area contributed by atoms with Crippen LogP contribution in [0.25, 0.3) is 5.76 Å². The fourth-order valence-electron chi connectivity index (χ4n) is 3.54. The third kappa shape index (κ3) is 3.58. The zero-order valence-electron chi connectivity index (χ0n) is 16.6. The third-order valence-corrected chi connectivity index (χ3v) is 5.30. The molecule has 1 saturated heterocycles. The molecule has 32 heavy (non-hydrogen) atoms. The summed E-state index contributed by atoms with van der Waals surface area (Å²) in [5, 5.41) is 11.2. The Morgan fingerprint density at radius 3 is 2.53 bits per heavy atom. The molecule has 2 heterocycles. The summed E-state index contributed by atoms with van der Waals surface area (Å²) in [6, 6.07) is 10.5. The van der Waals surface area contributed by atoms with Crippen LogP contribution >= 0.6 is 11.6 Å². The number of ether oxygens (including phenoxy) is 1. The molecule has 0 bridgehead atoms. The fourth-order valence-corrected chi connectivity index (χ4v) is 3.80. The number of carbonyl (C=O) groups excluding carboxylic acids is 2. The average molecular weight is 457 g/mol. The van der Waals surface area contributed by atoms with Crippen LogP contribution in [0.2, 0.25) is 5.02 Å². The largest absolute Gasteiger partial charge is 0.507 e. The second-order valence-corrected chi connectivity index (χ2v) is 7.28. The smallest absolute Gasteiger partial charge is 0.300 e. The van der Waals surface area contributed by atoms with Gasteiger partial charge in [-0.05, 0) is 42.5 Å². The average Bonchev–Trinajstić information content (AvgIpc) is 3.04. The highest BCUT2D eigenvalue weighted by Gasteiger charge is 2.48. The van der Waals surface area contributed by atoms with Crippen molar-refractivity contribution in [3.8, 4) is 5.75 Å². The predicted octanol–water partition coefficient (Wildman–Crippen LogP) is 4.65. The van der Waals surface area contributed by atoms with Gasteiger partial charge in [0.05, 0.1) is 29.1 Å². The Kier molecular flexibility index (Phi) is 5.63. The highest BCUT2D eigenvalue weighted by Crippen LogP contribution is 2.42. The van der Waals surface area contributed by atoms with Crippen LogP contribution in [0.3, 0.4) is 0 Å². The number of carbonyl (C=O) groups is 2. The minimum absolute atomic E-state index is 0.148. The topological polar surface area (TPSA) is 79.7 Å². The SMILES string of the molecule is COc1ccc(/C(O)=C2\C(=O)C(=O)N(c3ccc(F)cc3F)C2c2ccccn2)cc1Cl. The fraction of sp³-hybridized carbons (Fsp3) is 0.0870. The molecule has 9 heteroatoms. The maximum Gasteiger partial charge on any atom is 0.300 e. The number of aliphatic hydroxyl groups excluding tert-OH is 1. The Morgan fingerprint density at radius 1 is 1.12 bits per heavy atom. The summed E-state index contributed by atoms with van der Waals surface area (Å²) in [6.07, 6.45) is 1.43. The molecule has 1 N–H and O–H groups in total. The van der Waals surface area contributed by atoms with E-state index in [2.05, 4.69) is 4.98 Å². The molecule has 0 aliphatic carbocycles. The number of aliphatic hydroxyl groups is 1. The lowest BCUT2D eigenvalue weighted by atomic mass is 9.98. The number of aromatic nitrogens is 1. The monoisotopic (exact) mass is 456 g/mol. The molecule has 0 radical (unpaired) electrons. The van der Waals surface area contributed by atoms with E-state index in [1.807, 2.05) is 0 Å². The number of Topliss-reactive ketones (excluding diaryl/α,β-unsaturated/α-hetero) is 1. The Labute approximate surface area is 186 Å². The van der Waals surface area contributed by atoms with E-state index in [9.17, 15) is 23.5 Å². The number of hydrogen-bond donors (Lipinski definition) is 1. The molecule has 1 atom stereocenters. The van der Waals surface area contributed by atoms with Gasteiger partial charge in [-0.1, -0.05) is 17.7 Å². The summed E-state index contributed by atoms with van der Waals surface area (Å²) in [5.41, 5.74) is -0.277. The van der Waals surface area contributed by atoms with Crippen LogP contribution in [0.5, 0.6) is 5.75 Å². The van der Waals surface area contributed by atoms with Gasteiger partial charge in [0.2, 0.25) is 0 Å². The van der Waals surface area contributed by atoms with Crippen LogP contribution in [-0.4, -0.2) is 28.9 Å². The molecule has 162 valence electrons. The van der Waals surface area contributed by atoms with Crippen molar-refractivity contribution >= 4 is 34.7 Å². The molecule has 3 aromatic rings. The summed E-state index contributed by atoms with van der Waals surface area (Å²) in [6.45, 7) is 0. The van der Waals surface area contributed by atoms with Crippen molar-refractivity contribution in [1.82, 2.24) is 4.98 Å². The number of anilines is 1. The number of rotatable bonds is 4. The predicted molar refractivity (Wildman–Crippen MR) is 113 cm³/mol. The summed E-state index contributed by atoms with van der Waals surface area (Å²) >= 11 is 6.14. The van der Waals surface area contributed by atoms with Gasteiger partial charge in [0.25, 0.3) is 11.7 Å². The second kappa shape index (κ2) is 8.39. The summed E-state index contributed by atoms with van der Waals surface area (Å²) in [7, 11) is 1.42. The van der Waals surface area contributed by atoms with Crippen LogP contribution in [0, 0.1) is 11.6 Å². The first kappa shape index (κ1) is 21.5. The molecule has 1 aromatic heterocycles. The molecule has 4 rings (SSSR count). The third-order valence-electron chi connectivity index (χ3n) is 5.01. The van der Waals surface area contributed by atoms with E-state index in [-0.39, 0.29) is 27.5 Å². The van der Waals surface area contributed by atoms with Gasteiger partial charge in [0.1, 0.15) is 29.2 Å². The van der Waals surface area contributed by atoms with Crippen molar-refractivity contribution < 1.29 is 28.2 Å². The first-order valence-corrected chi connectivity index (χ1v) is 9.72. The lowest BCUT2D eigenvalue weighted by Crippen LogP contribution is -2.30. The van der Waals surface area contributed by atoms with E-state index in [4.69, 9.17) is 16.3 Å². The van der Waals surface area contributed by atoms with E-state index < -0.39 is 35.1 Å². The van der Waals surface area contributed by atoms with Crippen molar-refractivity contribution in [3.63, 3.8) is 0 Å². The van der Waals surface area contributed by atoms with Crippen molar-refractivity contribution in [2.45, 2.75) is 6.04 Å². The standard InChI is InChI=1S/C23H15ClF2N2O4/c1-32-18-8-5-12(10-14(18)24)21(29)19-20(16-4-2-3-9-27-16)28(23(31)22(19)30)17-7-6-13(25)11-15(17)26/h2-11,20,29H,1H3/b21-19+. The Bertz CT molecular complexity index is 1260. The minimum atomic E-state index is -1.25. The van der Waals surface area contributed by atoms with Crippen LogP contribution in [0.1, 0.15) is 17.3 Å². The van der Waals surface area contributed by atoms with Gasteiger partial charge < -0.3 is 9.84 Å². The molecule has 1 amide bonds. The number of hydrogen-bond acceptors (Lipinski definition) is 5. The van der Waals surface area contributed by atoms with Gasteiger partial charge in [-0.2, -0.15) is 0 Å². The molecule has 6 nitrogen and oxygen atoms in total. The lowest BCUT2D eigenvalue weighted by Gasteiger charge is -2.25. The molecule has 1 aliphatic rings. The van der Waals surface area contributed by atoms with Crippen molar-refractivity contribution in [3.05, 3.63) is 94.3 Å². The number of benzene rings is 2. The molecule has 0 spiro atoms. The van der Waals surface area contributed by atoms with E-state index in [0.29, 0.717) is 11.8 Å². The van der Waals surface area contributed by atoms with Crippen molar-refractivity contribution in [2.75, 3.05) is 12.0 Å². The summed E-state index contributed by atoms with van der Waals surface area (Å²) in [5.74, 6) is -4.20. The Hall–Kier alpha value is -3.78. The molecule has 1 unspecified atom stereocenters. The maximum atomic E-state index is 14.6. The van der Waals surface area contributed by atoms with E-state index in [0.717, 1.165) is 17.0 Å². The molecule has 2 aromatic carbocycles. The molecule has 1 fully saturated rings. The number of ketones is 1. The number of methoxy groups -OCH3 is 1. The van der Waals surface area contributed by atoms with Crippen molar-refractivity contribution in [2.24, 2.45) is 0 Å².